The van der Waals surface area contributed by atoms with Crippen LogP contribution in [0, 0.1) is 0 Å². The normalized spacial score (nSPS) is 10.8. The number of thiophene rings is 2. The number of nitrogens with one attached hydrogen (secondary N) is 2. The molecule has 0 aliphatic carbocycles. The number of ether oxygens (including phenoxy) is 2. The predicted molar refractivity (Wildman–Crippen MR) is 225 cm³/mol. The summed E-state index contributed by atoms with van der Waals surface area (Å²) in [5.41, 5.74) is 5.82. The van der Waals surface area contributed by atoms with Gasteiger partial charge in [-0.05, 0) is 60.4 Å². The highest BCUT2D eigenvalue weighted by molar-refractivity contribution is 7.21. The Morgan fingerprint density at radius 3 is 1.05 bits per heavy atom. The van der Waals surface area contributed by atoms with Crippen LogP contribution >= 0.6 is 22.7 Å². The van der Waals surface area contributed by atoms with Gasteiger partial charge >= 0.3 is 11.9 Å². The maximum atomic E-state index is 13.8. The largest absolute Gasteiger partial charge is 0.462 e. The van der Waals surface area contributed by atoms with E-state index in [4.69, 9.17) is 9.47 Å². The molecule has 278 valence electrons. The number of benzene rings is 5. The summed E-state index contributed by atoms with van der Waals surface area (Å²) in [6, 6.07) is 44.6. The lowest BCUT2D eigenvalue weighted by atomic mass is 9.98. The Morgan fingerprint density at radius 1 is 0.446 bits per heavy atom. The van der Waals surface area contributed by atoms with Crippen molar-refractivity contribution in [2.24, 2.45) is 0 Å². The van der Waals surface area contributed by atoms with Crippen molar-refractivity contribution in [2.75, 3.05) is 23.8 Å². The average molecular weight is 777 g/mol. The zero-order chi connectivity index (χ0) is 39.0. The Labute approximate surface area is 332 Å². The molecule has 5 aromatic carbocycles. The van der Waals surface area contributed by atoms with Gasteiger partial charge in [0.25, 0.3) is 11.8 Å². The summed E-state index contributed by atoms with van der Waals surface area (Å²) < 4.78 is 11.0. The van der Waals surface area contributed by atoms with E-state index in [1.54, 1.807) is 38.1 Å². The van der Waals surface area contributed by atoms with Crippen molar-refractivity contribution in [3.63, 3.8) is 0 Å². The predicted octanol–water partition coefficient (Wildman–Crippen LogP) is 11.3. The van der Waals surface area contributed by atoms with Crippen molar-refractivity contribution in [3.8, 4) is 43.1 Å². The third kappa shape index (κ3) is 7.93. The highest BCUT2D eigenvalue weighted by Crippen LogP contribution is 2.48. The second-order valence-electron chi connectivity index (χ2n) is 12.4. The minimum Gasteiger partial charge on any atom is -0.462 e. The van der Waals surface area contributed by atoms with Crippen molar-refractivity contribution in [3.05, 3.63) is 168 Å². The molecule has 0 aliphatic rings. The minimum atomic E-state index is -0.547. The van der Waals surface area contributed by atoms with E-state index in [2.05, 4.69) is 10.6 Å². The number of hydrogen-bond donors (Lipinski definition) is 2. The fourth-order valence-corrected chi connectivity index (χ4v) is 8.73. The maximum Gasteiger partial charge on any atom is 0.341 e. The molecule has 2 aromatic heterocycles. The van der Waals surface area contributed by atoms with Gasteiger partial charge in [-0.1, -0.05) is 121 Å². The zero-order valence-corrected chi connectivity index (χ0v) is 32.2. The van der Waals surface area contributed by atoms with E-state index < -0.39 is 23.8 Å². The van der Waals surface area contributed by atoms with Crippen LogP contribution < -0.4 is 10.6 Å². The number of anilines is 2. The van der Waals surface area contributed by atoms with E-state index in [1.165, 1.54) is 22.7 Å². The maximum absolute atomic E-state index is 13.8. The first-order valence-corrected chi connectivity index (χ1v) is 19.6. The van der Waals surface area contributed by atoms with E-state index in [0.29, 0.717) is 21.1 Å². The fraction of sp³-hybridized carbons (Fsp3) is 0.0870. The molecule has 2 heterocycles. The van der Waals surface area contributed by atoms with Crippen LogP contribution in [0.1, 0.15) is 55.3 Å². The monoisotopic (exact) mass is 776 g/mol. The molecule has 0 atom stereocenters. The Bertz CT molecular complexity index is 2320. The molecule has 0 aliphatic heterocycles. The highest BCUT2D eigenvalue weighted by atomic mass is 32.1. The summed E-state index contributed by atoms with van der Waals surface area (Å²) in [7, 11) is 0. The third-order valence-corrected chi connectivity index (χ3v) is 11.1. The summed E-state index contributed by atoms with van der Waals surface area (Å²) in [5, 5.41) is 6.61. The van der Waals surface area contributed by atoms with E-state index >= 15 is 0 Å². The molecular formula is C46H36N2O6S2. The number of rotatable bonds is 12. The second kappa shape index (κ2) is 17.2. The Morgan fingerprint density at radius 2 is 0.750 bits per heavy atom. The minimum absolute atomic E-state index is 0.161. The highest BCUT2D eigenvalue weighted by Gasteiger charge is 2.30. The SMILES string of the molecule is CCOC(=O)c1c(NC(=O)c2ccc(C(=O)Nc3sc(-c4ccccc4)c(-c4ccccc4)c3C(=O)OCC)cc2)sc(-c2ccccc2)c1-c1ccccc1. The topological polar surface area (TPSA) is 111 Å². The number of amides is 2. The average Bonchev–Trinajstić information content (AvgIpc) is 3.81. The summed E-state index contributed by atoms with van der Waals surface area (Å²) >= 11 is 2.59. The van der Waals surface area contributed by atoms with E-state index in [-0.39, 0.29) is 35.5 Å². The molecule has 0 saturated heterocycles. The van der Waals surface area contributed by atoms with Gasteiger partial charge in [-0.3, -0.25) is 9.59 Å². The van der Waals surface area contributed by atoms with Crippen LogP contribution in [-0.2, 0) is 9.47 Å². The summed E-state index contributed by atoms with van der Waals surface area (Å²) in [6.07, 6.45) is 0. The summed E-state index contributed by atoms with van der Waals surface area (Å²) in [5.74, 6) is -2.03. The summed E-state index contributed by atoms with van der Waals surface area (Å²) in [4.78, 5) is 56.3. The third-order valence-electron chi connectivity index (χ3n) is 8.84. The number of carbonyl (C=O) groups is 4. The Hall–Kier alpha value is -6.62. The number of esters is 2. The lowest BCUT2D eigenvalue weighted by Crippen LogP contribution is -2.16. The molecule has 0 fully saturated rings. The second-order valence-corrected chi connectivity index (χ2v) is 14.5. The molecule has 2 amide bonds. The number of hydrogen-bond acceptors (Lipinski definition) is 8. The quantitative estimate of drug-likeness (QED) is 0.120. The first kappa shape index (κ1) is 37.7. The van der Waals surface area contributed by atoms with Gasteiger partial charge in [0, 0.05) is 32.0 Å². The standard InChI is InChI=1S/C46H36N2O6S2/c1-3-53-45(51)37-35(29-17-9-5-10-18-29)39(31-21-13-7-14-22-31)55-43(37)47-41(49)33-25-27-34(28-26-33)42(50)48-44-38(46(52)54-4-2)36(30-19-11-6-12-20-30)40(56-44)32-23-15-8-16-24-32/h5-28H,3-4H2,1-2H3,(H,47,49)(H,48,50). The van der Waals surface area contributed by atoms with Crippen LogP contribution in [0.2, 0.25) is 0 Å². The molecule has 10 heteroatoms. The molecule has 7 rings (SSSR count). The Balaban J connectivity index is 1.20. The van der Waals surface area contributed by atoms with Crippen molar-refractivity contribution in [1.29, 1.82) is 0 Å². The lowest BCUT2D eigenvalue weighted by molar-refractivity contribution is 0.0519. The summed E-state index contributed by atoms with van der Waals surface area (Å²) in [6.45, 7) is 3.80. The van der Waals surface area contributed by atoms with Gasteiger partial charge in [-0.2, -0.15) is 0 Å². The first-order chi connectivity index (χ1) is 27.4. The number of carbonyl (C=O) groups excluding carboxylic acids is 4. The molecule has 56 heavy (non-hydrogen) atoms. The van der Waals surface area contributed by atoms with Crippen LogP contribution in [0.3, 0.4) is 0 Å². The lowest BCUT2D eigenvalue weighted by Gasteiger charge is -2.11. The molecule has 0 bridgehead atoms. The molecule has 2 N–H and O–H groups in total. The zero-order valence-electron chi connectivity index (χ0n) is 30.5. The van der Waals surface area contributed by atoms with Crippen molar-refractivity contribution >= 4 is 56.4 Å². The molecule has 0 radical (unpaired) electrons. The van der Waals surface area contributed by atoms with Crippen molar-refractivity contribution in [1.82, 2.24) is 0 Å². The van der Waals surface area contributed by atoms with Crippen LogP contribution in [0.25, 0.3) is 43.1 Å². The van der Waals surface area contributed by atoms with Crippen molar-refractivity contribution < 1.29 is 28.7 Å². The Kier molecular flexibility index (Phi) is 11.6. The van der Waals surface area contributed by atoms with E-state index in [9.17, 15) is 19.2 Å². The van der Waals surface area contributed by atoms with Gasteiger partial charge in [0.15, 0.2) is 0 Å². The molecule has 0 spiro atoms. The van der Waals surface area contributed by atoms with Gasteiger partial charge in [-0.15, -0.1) is 22.7 Å². The van der Waals surface area contributed by atoms with Gasteiger partial charge in [-0.25, -0.2) is 9.59 Å². The molecular weight excluding hydrogens is 741 g/mol. The van der Waals surface area contributed by atoms with Gasteiger partial charge in [0.1, 0.15) is 21.1 Å². The molecule has 7 aromatic rings. The van der Waals surface area contributed by atoms with E-state index in [0.717, 1.165) is 32.0 Å². The van der Waals surface area contributed by atoms with Crippen LogP contribution in [0.15, 0.2) is 146 Å². The molecule has 0 saturated carbocycles. The van der Waals surface area contributed by atoms with E-state index in [1.807, 2.05) is 121 Å². The van der Waals surface area contributed by atoms with Crippen LogP contribution in [0.5, 0.6) is 0 Å². The van der Waals surface area contributed by atoms with Gasteiger partial charge in [0.05, 0.1) is 13.2 Å². The fourth-order valence-electron chi connectivity index (χ4n) is 6.30. The first-order valence-electron chi connectivity index (χ1n) is 18.0. The molecule has 0 unspecified atom stereocenters. The smallest absolute Gasteiger partial charge is 0.341 e. The van der Waals surface area contributed by atoms with Gasteiger partial charge in [0.2, 0.25) is 0 Å². The van der Waals surface area contributed by atoms with Crippen LogP contribution in [-0.4, -0.2) is 37.0 Å². The van der Waals surface area contributed by atoms with Crippen molar-refractivity contribution in [2.45, 2.75) is 13.8 Å². The molecule has 8 nitrogen and oxygen atoms in total. The van der Waals surface area contributed by atoms with Gasteiger partial charge < -0.3 is 20.1 Å². The van der Waals surface area contributed by atoms with Crippen LogP contribution in [0.4, 0.5) is 10.0 Å².